The predicted octanol–water partition coefficient (Wildman–Crippen LogP) is 6.13. The highest BCUT2D eigenvalue weighted by atomic mass is 19.1. The molecule has 11 nitrogen and oxygen atoms in total. The third kappa shape index (κ3) is 6.38. The van der Waals surface area contributed by atoms with Crippen molar-refractivity contribution in [3.05, 3.63) is 118 Å². The zero-order valence-corrected chi connectivity index (χ0v) is 31.3. The Labute approximate surface area is 319 Å². The van der Waals surface area contributed by atoms with E-state index in [1.165, 1.54) is 17.7 Å². The lowest BCUT2D eigenvalue weighted by molar-refractivity contribution is 0.0193. The number of fused-ring (bicyclic) bond motifs is 3. The molecule has 1 saturated heterocycles. The number of hydrogen-bond acceptors (Lipinski definition) is 8. The third-order valence-corrected chi connectivity index (χ3v) is 11.5. The second-order valence-corrected chi connectivity index (χ2v) is 14.8. The van der Waals surface area contributed by atoms with Crippen LogP contribution in [0, 0.1) is 12.7 Å². The molecule has 1 atom stereocenters. The number of benzene rings is 3. The monoisotopic (exact) mass is 742 g/mol. The Balaban J connectivity index is 1.12. The van der Waals surface area contributed by atoms with Crippen molar-refractivity contribution < 1.29 is 28.2 Å². The van der Waals surface area contributed by atoms with Gasteiger partial charge in [-0.05, 0) is 85.0 Å². The maximum atomic E-state index is 15.1. The molecule has 9 rings (SSSR count). The normalized spacial score (nSPS) is 17.6. The molecule has 0 spiro atoms. The van der Waals surface area contributed by atoms with Gasteiger partial charge in [0.25, 0.3) is 11.8 Å². The first kappa shape index (κ1) is 35.0. The number of ether oxygens (including phenoxy) is 3. The molecule has 0 saturated carbocycles. The quantitative estimate of drug-likeness (QED) is 0.197. The summed E-state index contributed by atoms with van der Waals surface area (Å²) < 4.78 is 33.4. The molecular formula is C43H43FN6O5. The number of morpholine rings is 1. The number of aromatic nitrogens is 2. The van der Waals surface area contributed by atoms with Crippen LogP contribution in [-0.4, -0.2) is 90.4 Å². The van der Waals surface area contributed by atoms with Crippen molar-refractivity contribution in [2.45, 2.75) is 32.4 Å². The molecule has 282 valence electrons. The number of hydrogen-bond donors (Lipinski definition) is 0. The molecular weight excluding hydrogens is 700 g/mol. The second kappa shape index (κ2) is 14.2. The highest BCUT2D eigenvalue weighted by Crippen LogP contribution is 2.42. The van der Waals surface area contributed by atoms with E-state index >= 15 is 4.79 Å². The number of pyridine rings is 1. The van der Waals surface area contributed by atoms with Gasteiger partial charge in [-0.25, -0.2) is 9.37 Å². The van der Waals surface area contributed by atoms with Crippen LogP contribution in [0.3, 0.4) is 0 Å². The first-order valence-electron chi connectivity index (χ1n) is 18.8. The van der Waals surface area contributed by atoms with Gasteiger partial charge in [0, 0.05) is 75.5 Å². The highest BCUT2D eigenvalue weighted by molar-refractivity contribution is 6.12. The molecule has 3 aromatic carbocycles. The number of carbonyl (C=O) groups is 2. The maximum Gasteiger partial charge on any atom is 0.264 e. The van der Waals surface area contributed by atoms with E-state index < -0.39 is 5.82 Å². The van der Waals surface area contributed by atoms with Crippen LogP contribution >= 0.6 is 0 Å². The van der Waals surface area contributed by atoms with E-state index in [0.717, 1.165) is 56.0 Å². The summed E-state index contributed by atoms with van der Waals surface area (Å²) in [6.45, 7) is 6.99. The van der Waals surface area contributed by atoms with Crippen molar-refractivity contribution in [2.24, 2.45) is 7.05 Å². The second-order valence-electron chi connectivity index (χ2n) is 14.8. The summed E-state index contributed by atoms with van der Waals surface area (Å²) in [5.74, 6) is 1.12. The number of likely N-dealkylation sites (N-methyl/N-ethyl adjacent to an activating group) is 1. The molecule has 1 fully saturated rings. The van der Waals surface area contributed by atoms with E-state index in [-0.39, 0.29) is 24.6 Å². The van der Waals surface area contributed by atoms with Crippen molar-refractivity contribution in [1.29, 1.82) is 0 Å². The van der Waals surface area contributed by atoms with Crippen LogP contribution < -0.4 is 19.3 Å². The Morgan fingerprint density at radius 3 is 2.40 bits per heavy atom. The SMILES string of the molecule is Cc1c(C(=O)N(c2ccc(F)cc2)c2cnc3c(c2)CCN3C)cc(-c2cc3c(cc2C(=O)N2Cc4ccccc4C[C@H]2CN2CCOCC2)OCO3)n1C. The fraction of sp³-hybridized carbons (Fsp3) is 0.326. The van der Waals surface area contributed by atoms with Gasteiger partial charge in [-0.1, -0.05) is 24.3 Å². The Morgan fingerprint density at radius 2 is 1.62 bits per heavy atom. The van der Waals surface area contributed by atoms with Crippen LogP contribution in [-0.2, 0) is 31.2 Å². The predicted molar refractivity (Wildman–Crippen MR) is 207 cm³/mol. The van der Waals surface area contributed by atoms with Gasteiger partial charge in [-0.3, -0.25) is 19.4 Å². The average molecular weight is 743 g/mol. The van der Waals surface area contributed by atoms with E-state index in [4.69, 9.17) is 19.2 Å². The first-order valence-corrected chi connectivity index (χ1v) is 18.8. The lowest BCUT2D eigenvalue weighted by atomic mass is 9.92. The van der Waals surface area contributed by atoms with Crippen molar-refractivity contribution in [1.82, 2.24) is 19.4 Å². The number of anilines is 3. The van der Waals surface area contributed by atoms with Gasteiger partial charge in [0.15, 0.2) is 11.5 Å². The molecule has 4 aliphatic heterocycles. The molecule has 0 aliphatic carbocycles. The molecule has 12 heteroatoms. The van der Waals surface area contributed by atoms with Crippen LogP contribution in [0.4, 0.5) is 21.6 Å². The fourth-order valence-corrected chi connectivity index (χ4v) is 8.36. The van der Waals surface area contributed by atoms with Crippen LogP contribution in [0.1, 0.15) is 43.1 Å². The molecule has 4 aliphatic rings. The molecule has 2 aromatic heterocycles. The Bertz CT molecular complexity index is 2300. The van der Waals surface area contributed by atoms with E-state index in [9.17, 15) is 9.18 Å². The highest BCUT2D eigenvalue weighted by Gasteiger charge is 2.35. The summed E-state index contributed by atoms with van der Waals surface area (Å²) in [6, 6.07) is 21.7. The zero-order valence-electron chi connectivity index (χ0n) is 31.3. The van der Waals surface area contributed by atoms with Crippen molar-refractivity contribution in [2.75, 3.05) is 63.0 Å². The van der Waals surface area contributed by atoms with Crippen molar-refractivity contribution in [3.63, 3.8) is 0 Å². The van der Waals surface area contributed by atoms with Gasteiger partial charge in [-0.2, -0.15) is 0 Å². The molecule has 0 N–H and O–H groups in total. The Kier molecular flexibility index (Phi) is 9.02. The molecule has 2 amide bonds. The number of carbonyl (C=O) groups excluding carboxylic acids is 2. The van der Waals surface area contributed by atoms with Crippen LogP contribution in [0.5, 0.6) is 11.5 Å². The number of halogens is 1. The minimum Gasteiger partial charge on any atom is -0.454 e. The van der Waals surface area contributed by atoms with Crippen LogP contribution in [0.25, 0.3) is 11.3 Å². The lowest BCUT2D eigenvalue weighted by Gasteiger charge is -2.40. The van der Waals surface area contributed by atoms with E-state index in [1.807, 2.05) is 54.8 Å². The number of amides is 2. The summed E-state index contributed by atoms with van der Waals surface area (Å²) in [5, 5.41) is 0. The molecule has 55 heavy (non-hydrogen) atoms. The Hall–Kier alpha value is -5.72. The van der Waals surface area contributed by atoms with Crippen molar-refractivity contribution in [3.8, 4) is 22.8 Å². The van der Waals surface area contributed by atoms with Gasteiger partial charge < -0.3 is 28.6 Å². The zero-order chi connectivity index (χ0) is 37.8. The maximum absolute atomic E-state index is 15.1. The Morgan fingerprint density at radius 1 is 0.873 bits per heavy atom. The molecule has 6 heterocycles. The number of rotatable bonds is 7. The first-order chi connectivity index (χ1) is 26.7. The van der Waals surface area contributed by atoms with Crippen molar-refractivity contribution >= 4 is 29.0 Å². The van der Waals surface area contributed by atoms with E-state index in [2.05, 4.69) is 28.0 Å². The van der Waals surface area contributed by atoms with Gasteiger partial charge in [0.05, 0.1) is 36.2 Å². The summed E-state index contributed by atoms with van der Waals surface area (Å²) >= 11 is 0. The average Bonchev–Trinajstić information content (AvgIpc) is 3.91. The fourth-order valence-electron chi connectivity index (χ4n) is 8.36. The summed E-state index contributed by atoms with van der Waals surface area (Å²) in [7, 11) is 3.90. The van der Waals surface area contributed by atoms with Gasteiger partial charge in [0.2, 0.25) is 6.79 Å². The van der Waals surface area contributed by atoms with Gasteiger partial charge in [-0.15, -0.1) is 0 Å². The lowest BCUT2D eigenvalue weighted by Crippen LogP contribution is -2.52. The number of nitrogens with zero attached hydrogens (tertiary/aromatic N) is 6. The van der Waals surface area contributed by atoms with Crippen LogP contribution in [0.15, 0.2) is 79.0 Å². The summed E-state index contributed by atoms with van der Waals surface area (Å²) in [5.41, 5.74) is 7.46. The van der Waals surface area contributed by atoms with Crippen LogP contribution in [0.2, 0.25) is 0 Å². The molecule has 0 radical (unpaired) electrons. The standard InChI is InChI=1S/C43H43FN6O5/c1-27-35(43(52)50(32-10-8-31(44)9-11-32)33-19-29-12-13-46(2)41(29)45-23-33)20-38(47(27)3)36-21-39-40(55-26-54-39)22-37(36)42(51)49-24-30-7-5-4-6-28(30)18-34(49)25-48-14-16-53-17-15-48/h4-11,19-23,34H,12-18,24-26H2,1-3H3/t34-/m0/s1. The van der Waals surface area contributed by atoms with E-state index in [0.29, 0.717) is 70.7 Å². The molecule has 0 bridgehead atoms. The van der Waals surface area contributed by atoms with Gasteiger partial charge >= 0.3 is 0 Å². The molecule has 0 unspecified atom stereocenters. The smallest absolute Gasteiger partial charge is 0.264 e. The minimum atomic E-state index is -0.396. The largest absolute Gasteiger partial charge is 0.454 e. The molecule has 5 aromatic rings. The summed E-state index contributed by atoms with van der Waals surface area (Å²) in [6.07, 6.45) is 3.25. The third-order valence-electron chi connectivity index (χ3n) is 11.5. The van der Waals surface area contributed by atoms with Gasteiger partial charge in [0.1, 0.15) is 11.6 Å². The summed E-state index contributed by atoms with van der Waals surface area (Å²) in [4.78, 5) is 42.7. The van der Waals surface area contributed by atoms with E-state index in [1.54, 1.807) is 29.3 Å². The topological polar surface area (TPSA) is 92.6 Å². The minimum absolute atomic E-state index is 0.0519.